The molecule has 0 aromatic carbocycles. The minimum Gasteiger partial charge on any atom is -0.342 e. The van der Waals surface area contributed by atoms with E-state index < -0.39 is 18.0 Å². The Balaban J connectivity index is 2.07. The first-order valence-corrected chi connectivity index (χ1v) is 7.95. The van der Waals surface area contributed by atoms with Crippen molar-refractivity contribution in [3.05, 3.63) is 0 Å². The summed E-state index contributed by atoms with van der Waals surface area (Å²) in [5.41, 5.74) is 6.01. The van der Waals surface area contributed by atoms with E-state index in [2.05, 4.69) is 0 Å². The molecule has 3 nitrogen and oxygen atoms in total. The summed E-state index contributed by atoms with van der Waals surface area (Å²) in [6.45, 7) is 3.02. The molecule has 2 rings (SSSR count). The first-order valence-electron chi connectivity index (χ1n) is 7.95. The average molecular weight is 306 g/mol. The highest BCUT2D eigenvalue weighted by atomic mass is 19.4. The Morgan fingerprint density at radius 1 is 1.24 bits per heavy atom. The summed E-state index contributed by atoms with van der Waals surface area (Å²) < 4.78 is 39.4. The number of hydrogen-bond acceptors (Lipinski definition) is 2. The molecule has 1 aliphatic carbocycles. The first kappa shape index (κ1) is 16.6. The second kappa shape index (κ2) is 6.55. The van der Waals surface area contributed by atoms with E-state index >= 15 is 0 Å². The standard InChI is InChI=1S/C15H25F3N2O/c1-2-10-9-20(8-7-13(10)19)14(21)11-5-3-4-6-12(11)15(16,17)18/h10-13H,2-9,19H2,1H3. The second-order valence-electron chi connectivity index (χ2n) is 6.44. The second-order valence-corrected chi connectivity index (χ2v) is 6.44. The van der Waals surface area contributed by atoms with E-state index in [-0.39, 0.29) is 24.3 Å². The van der Waals surface area contributed by atoms with Crippen molar-refractivity contribution in [3.63, 3.8) is 0 Å². The number of rotatable bonds is 2. The lowest BCUT2D eigenvalue weighted by Crippen LogP contribution is -2.52. The number of amides is 1. The van der Waals surface area contributed by atoms with E-state index in [4.69, 9.17) is 5.73 Å². The number of nitrogens with zero attached hydrogens (tertiary/aromatic N) is 1. The Hall–Kier alpha value is -0.780. The van der Waals surface area contributed by atoms with Crippen LogP contribution in [0.25, 0.3) is 0 Å². The van der Waals surface area contributed by atoms with Crippen LogP contribution in [0.5, 0.6) is 0 Å². The van der Waals surface area contributed by atoms with Crippen molar-refractivity contribution in [1.82, 2.24) is 4.90 Å². The van der Waals surface area contributed by atoms with Crippen LogP contribution in [0, 0.1) is 17.8 Å². The summed E-state index contributed by atoms with van der Waals surface area (Å²) in [6, 6.07) is 0.0591. The fourth-order valence-electron chi connectivity index (χ4n) is 3.74. The Morgan fingerprint density at radius 2 is 1.90 bits per heavy atom. The molecule has 122 valence electrons. The lowest BCUT2D eigenvalue weighted by molar-refractivity contribution is -0.201. The Morgan fingerprint density at radius 3 is 2.52 bits per heavy atom. The summed E-state index contributed by atoms with van der Waals surface area (Å²) in [5.74, 6) is -2.45. The van der Waals surface area contributed by atoms with E-state index in [1.54, 1.807) is 4.90 Å². The fourth-order valence-corrected chi connectivity index (χ4v) is 3.74. The third kappa shape index (κ3) is 3.71. The van der Waals surface area contributed by atoms with E-state index in [0.29, 0.717) is 38.8 Å². The van der Waals surface area contributed by atoms with Crippen LogP contribution >= 0.6 is 0 Å². The highest BCUT2D eigenvalue weighted by molar-refractivity contribution is 5.79. The molecule has 0 radical (unpaired) electrons. The van der Waals surface area contributed by atoms with Crippen molar-refractivity contribution >= 4 is 5.91 Å². The van der Waals surface area contributed by atoms with Crippen LogP contribution in [0.15, 0.2) is 0 Å². The molecule has 4 unspecified atom stereocenters. The van der Waals surface area contributed by atoms with E-state index in [0.717, 1.165) is 6.42 Å². The number of carbonyl (C=O) groups is 1. The minimum atomic E-state index is -4.27. The Bertz CT molecular complexity index is 372. The smallest absolute Gasteiger partial charge is 0.342 e. The fraction of sp³-hybridized carbons (Fsp3) is 0.933. The molecule has 4 atom stereocenters. The van der Waals surface area contributed by atoms with Crippen molar-refractivity contribution in [2.45, 2.75) is 57.7 Å². The molecule has 0 aromatic heterocycles. The predicted octanol–water partition coefficient (Wildman–Crippen LogP) is 2.94. The number of likely N-dealkylation sites (tertiary alicyclic amines) is 1. The van der Waals surface area contributed by atoms with E-state index in [1.807, 2.05) is 6.92 Å². The van der Waals surface area contributed by atoms with Gasteiger partial charge in [0.15, 0.2) is 0 Å². The first-order chi connectivity index (χ1) is 9.84. The molecule has 1 saturated carbocycles. The van der Waals surface area contributed by atoms with Gasteiger partial charge < -0.3 is 10.6 Å². The zero-order valence-electron chi connectivity index (χ0n) is 12.5. The van der Waals surface area contributed by atoms with Crippen molar-refractivity contribution < 1.29 is 18.0 Å². The molecule has 6 heteroatoms. The monoisotopic (exact) mass is 306 g/mol. The quantitative estimate of drug-likeness (QED) is 0.852. The highest BCUT2D eigenvalue weighted by Crippen LogP contribution is 2.42. The van der Waals surface area contributed by atoms with Crippen molar-refractivity contribution in [3.8, 4) is 0 Å². The maximum absolute atomic E-state index is 13.1. The van der Waals surface area contributed by atoms with Gasteiger partial charge in [0, 0.05) is 25.0 Å². The molecule has 1 heterocycles. The van der Waals surface area contributed by atoms with Crippen LogP contribution in [0.2, 0.25) is 0 Å². The van der Waals surface area contributed by atoms with Gasteiger partial charge in [-0.2, -0.15) is 13.2 Å². The third-order valence-electron chi connectivity index (χ3n) is 5.13. The summed E-state index contributed by atoms with van der Waals surface area (Å²) in [4.78, 5) is 14.2. The van der Waals surface area contributed by atoms with Gasteiger partial charge in [-0.25, -0.2) is 0 Å². The lowest BCUT2D eigenvalue weighted by Gasteiger charge is -2.41. The van der Waals surface area contributed by atoms with Crippen LogP contribution in [0.4, 0.5) is 13.2 Å². The molecule has 1 aliphatic heterocycles. The Kier molecular flexibility index (Phi) is 5.17. The van der Waals surface area contributed by atoms with Gasteiger partial charge in [0.1, 0.15) is 0 Å². The van der Waals surface area contributed by atoms with Gasteiger partial charge in [-0.05, 0) is 25.2 Å². The molecule has 0 aromatic rings. The molecule has 21 heavy (non-hydrogen) atoms. The van der Waals surface area contributed by atoms with Gasteiger partial charge in [-0.3, -0.25) is 4.79 Å². The van der Waals surface area contributed by atoms with E-state index in [9.17, 15) is 18.0 Å². The minimum absolute atomic E-state index is 0.0591. The summed E-state index contributed by atoms with van der Waals surface area (Å²) in [5, 5.41) is 0. The number of hydrogen-bond donors (Lipinski definition) is 1. The molecule has 1 saturated heterocycles. The number of halogens is 3. The molecular formula is C15H25F3N2O. The van der Waals surface area contributed by atoms with Gasteiger partial charge in [0.25, 0.3) is 0 Å². The normalized spacial score (nSPS) is 34.8. The SMILES string of the molecule is CCC1CN(C(=O)C2CCCCC2C(F)(F)F)CCC1N. The molecule has 2 aliphatic rings. The molecule has 0 bridgehead atoms. The van der Waals surface area contributed by atoms with Crippen LogP contribution in [0.1, 0.15) is 45.4 Å². The van der Waals surface area contributed by atoms with Crippen LogP contribution in [0.3, 0.4) is 0 Å². The zero-order chi connectivity index (χ0) is 15.6. The summed E-state index contributed by atoms with van der Waals surface area (Å²) >= 11 is 0. The number of alkyl halides is 3. The highest BCUT2D eigenvalue weighted by Gasteiger charge is 2.49. The molecule has 1 amide bonds. The van der Waals surface area contributed by atoms with Crippen LogP contribution in [-0.2, 0) is 4.79 Å². The molecular weight excluding hydrogens is 281 g/mol. The Labute approximate surface area is 124 Å². The van der Waals surface area contributed by atoms with Crippen molar-refractivity contribution in [2.75, 3.05) is 13.1 Å². The van der Waals surface area contributed by atoms with Crippen LogP contribution < -0.4 is 5.73 Å². The maximum atomic E-state index is 13.1. The number of piperidine rings is 1. The topological polar surface area (TPSA) is 46.3 Å². The number of carbonyl (C=O) groups excluding carboxylic acids is 1. The number of nitrogens with two attached hydrogens (primary N) is 1. The zero-order valence-corrected chi connectivity index (χ0v) is 12.5. The van der Waals surface area contributed by atoms with E-state index in [1.165, 1.54) is 0 Å². The van der Waals surface area contributed by atoms with Crippen molar-refractivity contribution in [2.24, 2.45) is 23.5 Å². The van der Waals surface area contributed by atoms with Gasteiger partial charge >= 0.3 is 6.18 Å². The summed E-state index contributed by atoms with van der Waals surface area (Å²) in [6.07, 6.45) is -0.986. The van der Waals surface area contributed by atoms with Gasteiger partial charge in [-0.1, -0.05) is 26.2 Å². The van der Waals surface area contributed by atoms with Gasteiger partial charge in [0.05, 0.1) is 5.92 Å². The van der Waals surface area contributed by atoms with Crippen LogP contribution in [-0.4, -0.2) is 36.1 Å². The molecule has 0 spiro atoms. The molecule has 2 N–H and O–H groups in total. The van der Waals surface area contributed by atoms with Gasteiger partial charge in [-0.15, -0.1) is 0 Å². The average Bonchev–Trinajstić information content (AvgIpc) is 2.46. The van der Waals surface area contributed by atoms with Crippen molar-refractivity contribution in [1.29, 1.82) is 0 Å². The largest absolute Gasteiger partial charge is 0.392 e. The predicted molar refractivity (Wildman–Crippen MR) is 74.5 cm³/mol. The lowest BCUT2D eigenvalue weighted by atomic mass is 9.77. The van der Waals surface area contributed by atoms with Gasteiger partial charge in [0.2, 0.25) is 5.91 Å². The summed E-state index contributed by atoms with van der Waals surface area (Å²) in [7, 11) is 0. The maximum Gasteiger partial charge on any atom is 0.392 e. The molecule has 2 fully saturated rings. The third-order valence-corrected chi connectivity index (χ3v) is 5.13.